The Kier molecular flexibility index (Phi) is 42.9. The average Bonchev–Trinajstić information content (AvgIpc) is 3.40. The number of hydrogen-bond donors (Lipinski definition) is 12. The fourth-order valence-electron chi connectivity index (χ4n) is 11.7. The molecule has 0 bridgehead atoms. The van der Waals surface area contributed by atoms with E-state index in [2.05, 4.69) is 19.2 Å². The van der Waals surface area contributed by atoms with Crippen molar-refractivity contribution in [2.24, 2.45) is 0 Å². The van der Waals surface area contributed by atoms with Gasteiger partial charge >= 0.3 is 0 Å². The van der Waals surface area contributed by atoms with Crippen molar-refractivity contribution in [2.75, 3.05) is 26.4 Å². The highest BCUT2D eigenvalue weighted by atomic mass is 16.8. The van der Waals surface area contributed by atoms with Crippen molar-refractivity contribution >= 4 is 5.91 Å². The summed E-state index contributed by atoms with van der Waals surface area (Å²) in [5.41, 5.74) is 0. The van der Waals surface area contributed by atoms with Gasteiger partial charge in [0.05, 0.1) is 38.6 Å². The molecular formula is C63H121NO18. The van der Waals surface area contributed by atoms with Gasteiger partial charge in [-0.1, -0.05) is 245 Å². The van der Waals surface area contributed by atoms with Gasteiger partial charge in [0.25, 0.3) is 0 Å². The number of ether oxygens (including phenoxy) is 6. The molecule has 3 aliphatic heterocycles. The fraction of sp³-hybridized carbons (Fsp3) is 0.984. The first-order valence-corrected chi connectivity index (χ1v) is 33.3. The van der Waals surface area contributed by atoms with Crippen LogP contribution in [0.5, 0.6) is 0 Å². The highest BCUT2D eigenvalue weighted by Gasteiger charge is 2.53. The summed E-state index contributed by atoms with van der Waals surface area (Å²) < 4.78 is 34.4. The Morgan fingerprint density at radius 2 is 0.695 bits per heavy atom. The van der Waals surface area contributed by atoms with Crippen LogP contribution in [-0.4, -0.2) is 193 Å². The molecule has 0 aromatic carbocycles. The Morgan fingerprint density at radius 1 is 0.390 bits per heavy atom. The largest absolute Gasteiger partial charge is 0.394 e. The van der Waals surface area contributed by atoms with Gasteiger partial charge in [-0.25, -0.2) is 0 Å². The number of aliphatic hydroxyl groups excluding tert-OH is 11. The lowest BCUT2D eigenvalue weighted by Crippen LogP contribution is -2.66. The summed E-state index contributed by atoms with van der Waals surface area (Å²) in [6.45, 7) is 1.83. The molecule has 82 heavy (non-hydrogen) atoms. The van der Waals surface area contributed by atoms with Gasteiger partial charge in [0.15, 0.2) is 18.9 Å². The minimum Gasteiger partial charge on any atom is -0.394 e. The lowest BCUT2D eigenvalue weighted by atomic mass is 9.96. The summed E-state index contributed by atoms with van der Waals surface area (Å²) in [6, 6.07) is -0.880. The van der Waals surface area contributed by atoms with Crippen molar-refractivity contribution in [1.82, 2.24) is 5.32 Å². The normalized spacial score (nSPS) is 29.5. The molecule has 0 spiro atoms. The molecule has 12 N–H and O–H groups in total. The van der Waals surface area contributed by atoms with Crippen molar-refractivity contribution in [3.05, 3.63) is 0 Å². The monoisotopic (exact) mass is 1180 g/mol. The quantitative estimate of drug-likeness (QED) is 0.0262. The van der Waals surface area contributed by atoms with Crippen LogP contribution in [0.25, 0.3) is 0 Å². The second kappa shape index (κ2) is 46.9. The molecule has 3 aliphatic rings. The van der Waals surface area contributed by atoms with Crippen molar-refractivity contribution in [1.29, 1.82) is 0 Å². The number of unbranched alkanes of at least 4 members (excludes halogenated alkanes) is 35. The van der Waals surface area contributed by atoms with Crippen molar-refractivity contribution in [2.45, 2.75) is 369 Å². The molecule has 486 valence electrons. The molecule has 17 unspecified atom stereocenters. The van der Waals surface area contributed by atoms with Gasteiger partial charge in [0.1, 0.15) is 73.2 Å². The summed E-state index contributed by atoms with van der Waals surface area (Å²) in [5.74, 6) is -0.237. The molecule has 19 heteroatoms. The predicted octanol–water partition coefficient (Wildman–Crippen LogP) is 7.55. The number of aliphatic hydroxyl groups is 11. The third-order valence-electron chi connectivity index (χ3n) is 17.2. The first kappa shape index (κ1) is 75.0. The Hall–Kier alpha value is -1.21. The van der Waals surface area contributed by atoms with Gasteiger partial charge in [-0.05, 0) is 12.8 Å². The summed E-state index contributed by atoms with van der Waals surface area (Å²) in [5, 5.41) is 120. The van der Waals surface area contributed by atoms with Gasteiger partial charge in [0.2, 0.25) is 5.91 Å². The van der Waals surface area contributed by atoms with Crippen LogP contribution in [0.15, 0.2) is 0 Å². The third-order valence-corrected chi connectivity index (χ3v) is 17.2. The highest BCUT2D eigenvalue weighted by molar-refractivity contribution is 5.76. The molecule has 17 atom stereocenters. The van der Waals surface area contributed by atoms with E-state index in [4.69, 9.17) is 28.4 Å². The van der Waals surface area contributed by atoms with Gasteiger partial charge in [0, 0.05) is 6.42 Å². The first-order chi connectivity index (χ1) is 39.8. The van der Waals surface area contributed by atoms with E-state index in [0.29, 0.717) is 12.8 Å². The SMILES string of the molecule is CCCCCCCCCCCCCCCCCCCCCCCC(=O)NC(COC1OC(CO)C(OC2OC(CO)C(OC3OC(CO)C(O)C(O)C3O)C(O)C2O)C(O)C1O)C(O)CCCCCCCCCCCCCCCCCC. The van der Waals surface area contributed by atoms with Gasteiger partial charge < -0.3 is 89.9 Å². The zero-order valence-corrected chi connectivity index (χ0v) is 51.0. The average molecular weight is 1180 g/mol. The number of carbonyl (C=O) groups excluding carboxylic acids is 1. The maximum atomic E-state index is 13.4. The number of carbonyl (C=O) groups is 1. The van der Waals surface area contributed by atoms with E-state index in [0.717, 1.165) is 44.9 Å². The molecule has 3 saturated heterocycles. The van der Waals surface area contributed by atoms with Gasteiger partial charge in [-0.3, -0.25) is 4.79 Å². The van der Waals surface area contributed by atoms with Crippen molar-refractivity contribution < 1.29 is 89.4 Å². The van der Waals surface area contributed by atoms with Crippen LogP contribution in [-0.2, 0) is 33.2 Å². The molecule has 3 fully saturated rings. The number of hydrogen-bond acceptors (Lipinski definition) is 18. The summed E-state index contributed by atoms with van der Waals surface area (Å²) in [7, 11) is 0. The van der Waals surface area contributed by atoms with Crippen LogP contribution in [0, 0.1) is 0 Å². The Morgan fingerprint density at radius 3 is 1.06 bits per heavy atom. The molecule has 19 nitrogen and oxygen atoms in total. The second-order valence-corrected chi connectivity index (χ2v) is 24.3. The van der Waals surface area contributed by atoms with Crippen molar-refractivity contribution in [3.63, 3.8) is 0 Å². The van der Waals surface area contributed by atoms with E-state index >= 15 is 0 Å². The molecule has 0 saturated carbocycles. The first-order valence-electron chi connectivity index (χ1n) is 33.3. The summed E-state index contributed by atoms with van der Waals surface area (Å²) in [4.78, 5) is 13.4. The van der Waals surface area contributed by atoms with Crippen LogP contribution >= 0.6 is 0 Å². The molecule has 0 aromatic rings. The van der Waals surface area contributed by atoms with Gasteiger partial charge in [-0.2, -0.15) is 0 Å². The maximum Gasteiger partial charge on any atom is 0.220 e. The maximum absolute atomic E-state index is 13.4. The lowest BCUT2D eigenvalue weighted by Gasteiger charge is -2.48. The van der Waals surface area contributed by atoms with E-state index in [9.17, 15) is 61.0 Å². The lowest BCUT2D eigenvalue weighted by molar-refractivity contribution is -0.379. The minimum absolute atomic E-state index is 0.237. The number of amides is 1. The van der Waals surface area contributed by atoms with Crippen LogP contribution in [0.2, 0.25) is 0 Å². The van der Waals surface area contributed by atoms with E-state index in [1.165, 1.54) is 186 Å². The summed E-state index contributed by atoms with van der Waals surface area (Å²) in [6.07, 6.45) is 20.3. The van der Waals surface area contributed by atoms with Crippen LogP contribution in [0.3, 0.4) is 0 Å². The third kappa shape index (κ3) is 29.7. The van der Waals surface area contributed by atoms with E-state index in [1.54, 1.807) is 0 Å². The van der Waals surface area contributed by atoms with Crippen LogP contribution in [0.4, 0.5) is 0 Å². The van der Waals surface area contributed by atoms with Crippen LogP contribution in [0.1, 0.15) is 264 Å². The molecule has 3 rings (SSSR count). The Balaban J connectivity index is 1.45. The molecular weight excluding hydrogens is 1060 g/mol. The molecule has 0 aliphatic carbocycles. The smallest absolute Gasteiger partial charge is 0.220 e. The van der Waals surface area contributed by atoms with E-state index < -0.39 is 124 Å². The second-order valence-electron chi connectivity index (χ2n) is 24.3. The summed E-state index contributed by atoms with van der Waals surface area (Å²) >= 11 is 0. The van der Waals surface area contributed by atoms with E-state index in [1.807, 2.05) is 0 Å². The minimum atomic E-state index is -1.97. The zero-order chi connectivity index (χ0) is 59.7. The molecule has 3 heterocycles. The predicted molar refractivity (Wildman–Crippen MR) is 314 cm³/mol. The Bertz CT molecular complexity index is 1500. The number of rotatable bonds is 51. The number of nitrogens with one attached hydrogen (secondary N) is 1. The Labute approximate surface area is 493 Å². The highest BCUT2D eigenvalue weighted by Crippen LogP contribution is 2.33. The molecule has 0 radical (unpaired) electrons. The van der Waals surface area contributed by atoms with Crippen LogP contribution < -0.4 is 5.32 Å². The molecule has 0 aromatic heterocycles. The molecule has 1 amide bonds. The standard InChI is InChI=1S/C63H121NO18/c1-3-5-7-9-11-13-15-17-19-21-22-23-24-25-27-29-31-33-35-37-39-41-51(69)64-46(47(68)40-38-36-34-32-30-28-26-20-18-16-14-12-10-8-6-4-2)45-77-61-57(75)54(72)59(49(43-66)79-61)82-63-58(76)55(73)60(50(44-67)80-63)81-62-56(74)53(71)52(70)48(42-65)78-62/h46-50,52-63,65-68,70-76H,3-45H2,1-2H3,(H,64,69). The fourth-order valence-corrected chi connectivity index (χ4v) is 11.7. The van der Waals surface area contributed by atoms with Crippen molar-refractivity contribution in [3.8, 4) is 0 Å². The van der Waals surface area contributed by atoms with E-state index in [-0.39, 0.29) is 18.9 Å². The topological polar surface area (TPSA) is 307 Å². The zero-order valence-electron chi connectivity index (χ0n) is 51.0. The van der Waals surface area contributed by atoms with Gasteiger partial charge in [-0.15, -0.1) is 0 Å².